The van der Waals surface area contributed by atoms with Crippen molar-refractivity contribution in [2.45, 2.75) is 17.9 Å². The first-order chi connectivity index (χ1) is 6.91. The zero-order valence-electron chi connectivity index (χ0n) is 8.02. The van der Waals surface area contributed by atoms with Crippen LogP contribution >= 0.6 is 0 Å². The first kappa shape index (κ1) is 10.1. The van der Waals surface area contributed by atoms with E-state index in [1.54, 1.807) is 19.1 Å². The molecule has 0 saturated carbocycles. The molecule has 1 aromatic rings. The van der Waals surface area contributed by atoms with Crippen molar-refractivity contribution >= 4 is 15.9 Å². The molecule has 0 fully saturated rings. The number of carbonyl (C=O) groups is 1. The summed E-state index contributed by atoms with van der Waals surface area (Å²) < 4.78 is 22.5. The van der Waals surface area contributed by atoms with Gasteiger partial charge in [-0.05, 0) is 18.6 Å². The largest absolute Gasteiger partial charge is 0.345 e. The molecule has 15 heavy (non-hydrogen) atoms. The van der Waals surface area contributed by atoms with Gasteiger partial charge in [0.25, 0.3) is 5.91 Å². The van der Waals surface area contributed by atoms with Crippen molar-refractivity contribution in [3.63, 3.8) is 0 Å². The van der Waals surface area contributed by atoms with Crippen LogP contribution in [0.3, 0.4) is 0 Å². The highest BCUT2D eigenvalue weighted by Gasteiger charge is 2.30. The predicted octanol–water partition coefficient (Wildman–Crippen LogP) is 0.138. The van der Waals surface area contributed by atoms with Crippen molar-refractivity contribution in [3.05, 3.63) is 29.3 Å². The molecule has 1 heterocycles. The molecule has 2 rings (SSSR count). The number of hydrogen-bond donors (Lipinski definition) is 2. The minimum Gasteiger partial charge on any atom is -0.345 e. The van der Waals surface area contributed by atoms with Gasteiger partial charge in [0.15, 0.2) is 0 Å². The molecule has 3 N–H and O–H groups in total. The molecule has 1 unspecified atom stereocenters. The molecule has 1 aromatic carbocycles. The normalized spacial score (nSPS) is 19.9. The van der Waals surface area contributed by atoms with Crippen LogP contribution in [-0.4, -0.2) is 14.3 Å². The highest BCUT2D eigenvalue weighted by molar-refractivity contribution is 7.89. The number of primary sulfonamides is 1. The highest BCUT2D eigenvalue weighted by atomic mass is 32.2. The van der Waals surface area contributed by atoms with Crippen LogP contribution in [0.25, 0.3) is 0 Å². The number of nitrogens with one attached hydrogen (secondary N) is 1. The monoisotopic (exact) mass is 226 g/mol. The summed E-state index contributed by atoms with van der Waals surface area (Å²) in [6, 6.07) is 4.46. The quantitative estimate of drug-likeness (QED) is 0.713. The van der Waals surface area contributed by atoms with E-state index in [0.717, 1.165) is 0 Å². The molecule has 0 bridgehead atoms. The van der Waals surface area contributed by atoms with E-state index < -0.39 is 10.0 Å². The van der Waals surface area contributed by atoms with Gasteiger partial charge in [0, 0.05) is 0 Å². The van der Waals surface area contributed by atoms with E-state index in [1.165, 1.54) is 6.07 Å². The lowest BCUT2D eigenvalue weighted by atomic mass is 10.1. The molecule has 5 nitrogen and oxygen atoms in total. The van der Waals surface area contributed by atoms with E-state index >= 15 is 0 Å². The van der Waals surface area contributed by atoms with Crippen molar-refractivity contribution in [1.82, 2.24) is 5.32 Å². The van der Waals surface area contributed by atoms with Crippen LogP contribution in [0.1, 0.15) is 28.9 Å². The van der Waals surface area contributed by atoms with E-state index in [0.29, 0.717) is 5.56 Å². The Balaban J connectivity index is 2.77. The lowest BCUT2D eigenvalue weighted by molar-refractivity contribution is 0.0956. The molecule has 1 amide bonds. The summed E-state index contributed by atoms with van der Waals surface area (Å²) in [6.07, 6.45) is 0. The minimum absolute atomic E-state index is 0.109. The van der Waals surface area contributed by atoms with Gasteiger partial charge >= 0.3 is 0 Å². The smallest absolute Gasteiger partial charge is 0.253 e. The average Bonchev–Trinajstić information content (AvgIpc) is 2.41. The van der Waals surface area contributed by atoms with Crippen molar-refractivity contribution in [3.8, 4) is 0 Å². The summed E-state index contributed by atoms with van der Waals surface area (Å²) in [4.78, 5) is 11.4. The molecule has 1 aliphatic rings. The Labute approximate surface area is 87.3 Å². The first-order valence-corrected chi connectivity index (χ1v) is 5.92. The Morgan fingerprint density at radius 3 is 2.67 bits per heavy atom. The van der Waals surface area contributed by atoms with Crippen LogP contribution in [0, 0.1) is 0 Å². The second-order valence-electron chi connectivity index (χ2n) is 3.46. The van der Waals surface area contributed by atoms with Gasteiger partial charge < -0.3 is 5.32 Å². The zero-order valence-corrected chi connectivity index (χ0v) is 8.84. The topological polar surface area (TPSA) is 89.3 Å². The van der Waals surface area contributed by atoms with Crippen LogP contribution in [0.5, 0.6) is 0 Å². The molecule has 80 valence electrons. The Kier molecular flexibility index (Phi) is 2.06. The fourth-order valence-corrected chi connectivity index (χ4v) is 2.50. The Hall–Kier alpha value is -1.40. The van der Waals surface area contributed by atoms with E-state index in [4.69, 9.17) is 5.14 Å². The van der Waals surface area contributed by atoms with Crippen molar-refractivity contribution in [2.24, 2.45) is 5.14 Å². The lowest BCUT2D eigenvalue weighted by Crippen LogP contribution is -2.20. The van der Waals surface area contributed by atoms with Crippen LogP contribution in [0.15, 0.2) is 23.1 Å². The summed E-state index contributed by atoms with van der Waals surface area (Å²) in [5.74, 6) is -0.387. The molecule has 1 aliphatic heterocycles. The van der Waals surface area contributed by atoms with Gasteiger partial charge in [-0.1, -0.05) is 12.1 Å². The zero-order chi connectivity index (χ0) is 11.2. The van der Waals surface area contributed by atoms with Gasteiger partial charge in [-0.2, -0.15) is 0 Å². The predicted molar refractivity (Wildman–Crippen MR) is 53.7 cm³/mol. The van der Waals surface area contributed by atoms with Gasteiger partial charge in [0.2, 0.25) is 10.0 Å². The van der Waals surface area contributed by atoms with Crippen LogP contribution in [0.2, 0.25) is 0 Å². The molecule has 0 aliphatic carbocycles. The summed E-state index contributed by atoms with van der Waals surface area (Å²) in [5.41, 5.74) is 0.846. The Bertz CT molecular complexity index is 536. The van der Waals surface area contributed by atoms with Gasteiger partial charge in [0.05, 0.1) is 16.5 Å². The first-order valence-electron chi connectivity index (χ1n) is 4.38. The number of sulfonamides is 1. The molecule has 0 aromatic heterocycles. The van der Waals surface area contributed by atoms with Gasteiger partial charge in [-0.15, -0.1) is 0 Å². The van der Waals surface area contributed by atoms with E-state index in [-0.39, 0.29) is 22.4 Å². The third-order valence-corrected chi connectivity index (χ3v) is 3.36. The fraction of sp³-hybridized carbons (Fsp3) is 0.222. The maximum atomic E-state index is 11.5. The van der Waals surface area contributed by atoms with Crippen LogP contribution in [-0.2, 0) is 10.0 Å². The molecule has 0 spiro atoms. The van der Waals surface area contributed by atoms with E-state index in [1.807, 2.05) is 0 Å². The van der Waals surface area contributed by atoms with E-state index in [9.17, 15) is 13.2 Å². The molecule has 6 heteroatoms. The van der Waals surface area contributed by atoms with Gasteiger partial charge in [-0.25, -0.2) is 13.6 Å². The fourth-order valence-electron chi connectivity index (χ4n) is 1.74. The standard InChI is InChI=1S/C9H10N2O3S/c1-5-6-3-2-4-7(15(10,13)14)8(6)9(12)11-5/h2-5H,1H3,(H,11,12)(H2,10,13,14). The molecular weight excluding hydrogens is 216 g/mol. The molecule has 0 saturated heterocycles. The number of hydrogen-bond acceptors (Lipinski definition) is 3. The number of rotatable bonds is 1. The van der Waals surface area contributed by atoms with Crippen molar-refractivity contribution in [2.75, 3.05) is 0 Å². The molecular formula is C9H10N2O3S. The molecule has 1 atom stereocenters. The van der Waals surface area contributed by atoms with Gasteiger partial charge in [0.1, 0.15) is 0 Å². The number of fused-ring (bicyclic) bond motifs is 1. The Morgan fingerprint density at radius 1 is 1.40 bits per heavy atom. The van der Waals surface area contributed by atoms with Crippen LogP contribution in [0.4, 0.5) is 0 Å². The SMILES string of the molecule is CC1NC(=O)c2c1cccc2S(N)(=O)=O. The van der Waals surface area contributed by atoms with Crippen molar-refractivity contribution in [1.29, 1.82) is 0 Å². The highest BCUT2D eigenvalue weighted by Crippen LogP contribution is 2.29. The minimum atomic E-state index is -3.85. The summed E-state index contributed by atoms with van der Waals surface area (Å²) in [6.45, 7) is 1.79. The number of carbonyl (C=O) groups excluding carboxylic acids is 1. The lowest BCUT2D eigenvalue weighted by Gasteiger charge is -2.04. The average molecular weight is 226 g/mol. The summed E-state index contributed by atoms with van der Waals surface area (Å²) in [7, 11) is -3.85. The van der Waals surface area contributed by atoms with Crippen molar-refractivity contribution < 1.29 is 13.2 Å². The number of benzene rings is 1. The van der Waals surface area contributed by atoms with Crippen LogP contribution < -0.4 is 10.5 Å². The maximum Gasteiger partial charge on any atom is 0.253 e. The number of nitrogens with two attached hydrogens (primary N) is 1. The summed E-state index contributed by atoms with van der Waals surface area (Å²) in [5, 5.41) is 7.67. The van der Waals surface area contributed by atoms with Gasteiger partial charge in [-0.3, -0.25) is 4.79 Å². The number of amides is 1. The van der Waals surface area contributed by atoms with E-state index in [2.05, 4.69) is 5.32 Å². The Morgan fingerprint density at radius 2 is 2.07 bits per heavy atom. The second kappa shape index (κ2) is 3.04. The molecule has 0 radical (unpaired) electrons. The third kappa shape index (κ3) is 1.51. The second-order valence-corrected chi connectivity index (χ2v) is 4.99. The maximum absolute atomic E-state index is 11.5. The third-order valence-electron chi connectivity index (χ3n) is 2.41. The summed E-state index contributed by atoms with van der Waals surface area (Å²) >= 11 is 0.